The maximum absolute atomic E-state index is 12.6. The number of nitrogens with one attached hydrogen (secondary N) is 1. The fraction of sp³-hybridized carbons (Fsp3) is 0.250. The van der Waals surface area contributed by atoms with E-state index >= 15 is 0 Å². The number of hydrogen-bond acceptors (Lipinski definition) is 4. The molecule has 22 heavy (non-hydrogen) atoms. The number of rotatable bonds is 2. The van der Waals surface area contributed by atoms with Crippen LogP contribution in [-0.4, -0.2) is 23.2 Å². The van der Waals surface area contributed by atoms with E-state index in [-0.39, 0.29) is 11.8 Å². The van der Waals surface area contributed by atoms with Gasteiger partial charge in [-0.25, -0.2) is 0 Å². The lowest BCUT2D eigenvalue weighted by atomic mass is 10.0. The van der Waals surface area contributed by atoms with Crippen molar-refractivity contribution < 1.29 is 14.0 Å². The van der Waals surface area contributed by atoms with Crippen molar-refractivity contribution in [2.75, 3.05) is 12.4 Å². The zero-order valence-electron chi connectivity index (χ0n) is 12.5. The Kier molecular flexibility index (Phi) is 3.70. The minimum absolute atomic E-state index is 0.281. The van der Waals surface area contributed by atoms with Gasteiger partial charge in [0.1, 0.15) is 11.5 Å². The van der Waals surface area contributed by atoms with Crippen LogP contribution in [0.1, 0.15) is 23.0 Å². The molecule has 1 aromatic carbocycles. The van der Waals surface area contributed by atoms with Crippen molar-refractivity contribution in [3.8, 4) is 0 Å². The lowest BCUT2D eigenvalue weighted by molar-refractivity contribution is -0.133. The molecule has 2 heterocycles. The Morgan fingerprint density at radius 2 is 1.95 bits per heavy atom. The second-order valence-electron chi connectivity index (χ2n) is 5.30. The summed E-state index contributed by atoms with van der Waals surface area (Å²) in [6, 6.07) is 9.28. The molecule has 3 rings (SSSR count). The first kappa shape index (κ1) is 14.7. The van der Waals surface area contributed by atoms with Gasteiger partial charge in [0, 0.05) is 12.7 Å². The smallest absolute Gasteiger partial charge is 0.252 e. The van der Waals surface area contributed by atoms with Gasteiger partial charge in [-0.3, -0.25) is 13.9 Å². The van der Waals surface area contributed by atoms with Gasteiger partial charge in [0.15, 0.2) is 5.92 Å². The first-order chi connectivity index (χ1) is 10.5. The lowest BCUT2D eigenvalue weighted by Gasteiger charge is -2.26. The molecule has 114 valence electrons. The molecule has 2 aromatic rings. The number of carbonyl (C=O) groups is 2. The second-order valence-corrected chi connectivity index (χ2v) is 6.47. The number of aryl methyl sites for hydroxylation is 2. The predicted molar refractivity (Wildman–Crippen MR) is 84.6 cm³/mol. The van der Waals surface area contributed by atoms with Crippen LogP contribution in [0.2, 0.25) is 0 Å². The Morgan fingerprint density at radius 1 is 1.27 bits per heavy atom. The van der Waals surface area contributed by atoms with E-state index in [2.05, 4.69) is 5.32 Å². The minimum Gasteiger partial charge on any atom is -0.464 e. The average Bonchev–Trinajstić information content (AvgIpc) is 2.82. The van der Waals surface area contributed by atoms with Crippen LogP contribution in [0, 0.1) is 13.8 Å². The van der Waals surface area contributed by atoms with Crippen LogP contribution in [0.3, 0.4) is 0 Å². The SMILES string of the molecule is Cc1ccc(NC(=O)C2C(=O)N(C)Sc3cc(C)oc32)cc1. The fourth-order valence-corrected chi connectivity index (χ4v) is 3.31. The normalized spacial score (nSPS) is 17.3. The number of likely N-dealkylation sites (N-methyl/N-ethyl adjacent to an activating group) is 1. The summed E-state index contributed by atoms with van der Waals surface area (Å²) < 4.78 is 7.06. The van der Waals surface area contributed by atoms with Gasteiger partial charge >= 0.3 is 0 Å². The Morgan fingerprint density at radius 3 is 2.64 bits per heavy atom. The lowest BCUT2D eigenvalue weighted by Crippen LogP contribution is -2.37. The molecule has 6 heteroatoms. The Balaban J connectivity index is 1.90. The van der Waals surface area contributed by atoms with Crippen LogP contribution in [0.25, 0.3) is 0 Å². The van der Waals surface area contributed by atoms with E-state index in [1.165, 1.54) is 16.3 Å². The molecule has 0 radical (unpaired) electrons. The van der Waals surface area contributed by atoms with Crippen molar-refractivity contribution in [1.82, 2.24) is 4.31 Å². The van der Waals surface area contributed by atoms with E-state index in [1.54, 1.807) is 14.0 Å². The van der Waals surface area contributed by atoms with Crippen LogP contribution in [0.5, 0.6) is 0 Å². The summed E-state index contributed by atoms with van der Waals surface area (Å²) in [4.78, 5) is 25.7. The molecule has 5 nitrogen and oxygen atoms in total. The number of carbonyl (C=O) groups excluding carboxylic acids is 2. The van der Waals surface area contributed by atoms with Crippen LogP contribution in [0.4, 0.5) is 5.69 Å². The van der Waals surface area contributed by atoms with Crippen LogP contribution >= 0.6 is 11.9 Å². The molecule has 2 amide bonds. The molecular weight excluding hydrogens is 300 g/mol. The predicted octanol–water partition coefficient (Wildman–Crippen LogP) is 3.10. The Labute approximate surface area is 132 Å². The van der Waals surface area contributed by atoms with Gasteiger partial charge in [0.25, 0.3) is 5.91 Å². The van der Waals surface area contributed by atoms with E-state index in [4.69, 9.17) is 4.42 Å². The molecule has 1 atom stereocenters. The highest BCUT2D eigenvalue weighted by Gasteiger charge is 2.40. The molecule has 0 bridgehead atoms. The van der Waals surface area contributed by atoms with Crippen molar-refractivity contribution in [3.63, 3.8) is 0 Å². The van der Waals surface area contributed by atoms with E-state index in [1.807, 2.05) is 37.3 Å². The van der Waals surface area contributed by atoms with Gasteiger partial charge in [-0.15, -0.1) is 0 Å². The fourth-order valence-electron chi connectivity index (χ4n) is 2.35. The van der Waals surface area contributed by atoms with Crippen molar-refractivity contribution in [2.45, 2.75) is 24.7 Å². The van der Waals surface area contributed by atoms with Gasteiger partial charge in [-0.05, 0) is 44.0 Å². The number of anilines is 1. The summed E-state index contributed by atoms with van der Waals surface area (Å²) in [5.74, 6) is -0.492. The molecule has 0 aliphatic carbocycles. The van der Waals surface area contributed by atoms with Gasteiger partial charge in [-0.2, -0.15) is 0 Å². The molecular formula is C16H16N2O3S. The van der Waals surface area contributed by atoms with Crippen molar-refractivity contribution in [2.24, 2.45) is 0 Å². The van der Waals surface area contributed by atoms with Gasteiger partial charge in [0.05, 0.1) is 4.90 Å². The molecule has 0 saturated heterocycles. The molecule has 1 aliphatic rings. The Hall–Kier alpha value is -2.21. The maximum Gasteiger partial charge on any atom is 0.252 e. The molecule has 1 aromatic heterocycles. The molecule has 0 saturated carbocycles. The van der Waals surface area contributed by atoms with Crippen molar-refractivity contribution >= 4 is 29.4 Å². The third kappa shape index (κ3) is 2.62. The van der Waals surface area contributed by atoms with Crippen LogP contribution < -0.4 is 5.32 Å². The summed E-state index contributed by atoms with van der Waals surface area (Å²) in [7, 11) is 1.66. The average molecular weight is 316 g/mol. The maximum atomic E-state index is 12.6. The van der Waals surface area contributed by atoms with E-state index < -0.39 is 5.92 Å². The third-order valence-corrected chi connectivity index (χ3v) is 4.45. The second kappa shape index (κ2) is 5.53. The first-order valence-corrected chi connectivity index (χ1v) is 7.66. The third-order valence-electron chi connectivity index (χ3n) is 3.48. The largest absolute Gasteiger partial charge is 0.464 e. The topological polar surface area (TPSA) is 62.6 Å². The van der Waals surface area contributed by atoms with E-state index in [9.17, 15) is 9.59 Å². The number of nitrogens with zero attached hydrogens (tertiary/aromatic N) is 1. The highest BCUT2D eigenvalue weighted by atomic mass is 32.2. The van der Waals surface area contributed by atoms with Gasteiger partial charge in [-0.1, -0.05) is 17.7 Å². The highest BCUT2D eigenvalue weighted by Crippen LogP contribution is 2.40. The molecule has 1 N–H and O–H groups in total. The monoisotopic (exact) mass is 316 g/mol. The zero-order chi connectivity index (χ0) is 15.9. The summed E-state index contributed by atoms with van der Waals surface area (Å²) in [5, 5.41) is 2.78. The Bertz CT molecular complexity index is 736. The standard InChI is InChI=1S/C16H16N2O3S/c1-9-4-6-11(7-5-9)17-15(19)13-14-12(8-10(2)21-14)22-18(3)16(13)20/h4-8,13H,1-3H3,(H,17,19). The number of benzene rings is 1. The van der Waals surface area contributed by atoms with Crippen molar-refractivity contribution in [3.05, 3.63) is 47.4 Å². The van der Waals surface area contributed by atoms with E-state index in [0.29, 0.717) is 17.2 Å². The van der Waals surface area contributed by atoms with Gasteiger partial charge < -0.3 is 9.73 Å². The summed E-state index contributed by atoms with van der Waals surface area (Å²) in [6.45, 7) is 3.78. The summed E-state index contributed by atoms with van der Waals surface area (Å²) in [6.07, 6.45) is 0. The molecule has 1 aliphatic heterocycles. The van der Waals surface area contributed by atoms with Gasteiger partial charge in [0.2, 0.25) is 5.91 Å². The van der Waals surface area contributed by atoms with Crippen LogP contribution in [-0.2, 0) is 9.59 Å². The molecule has 0 fully saturated rings. The number of fused-ring (bicyclic) bond motifs is 1. The van der Waals surface area contributed by atoms with Crippen LogP contribution in [0.15, 0.2) is 39.6 Å². The quantitative estimate of drug-likeness (QED) is 0.683. The molecule has 1 unspecified atom stereocenters. The number of hydrogen-bond donors (Lipinski definition) is 1. The number of amides is 2. The number of furan rings is 1. The van der Waals surface area contributed by atoms with E-state index in [0.717, 1.165) is 10.5 Å². The summed E-state index contributed by atoms with van der Waals surface area (Å²) in [5.41, 5.74) is 1.76. The molecule has 0 spiro atoms. The minimum atomic E-state index is -0.948. The zero-order valence-corrected chi connectivity index (χ0v) is 13.4. The highest BCUT2D eigenvalue weighted by molar-refractivity contribution is 7.97. The summed E-state index contributed by atoms with van der Waals surface area (Å²) >= 11 is 1.28. The van der Waals surface area contributed by atoms with Crippen molar-refractivity contribution in [1.29, 1.82) is 0 Å². The first-order valence-electron chi connectivity index (χ1n) is 6.89.